The van der Waals surface area contributed by atoms with Crippen molar-refractivity contribution in [1.29, 1.82) is 0 Å². The van der Waals surface area contributed by atoms with Gasteiger partial charge < -0.3 is 15.4 Å². The number of nitrogens with zero attached hydrogens (tertiary/aromatic N) is 2. The number of aliphatic imine (C=N–C) groups is 1. The number of thiophene rings is 1. The lowest BCUT2D eigenvalue weighted by Gasteiger charge is -2.26. The van der Waals surface area contributed by atoms with E-state index in [1.165, 1.54) is 29.0 Å². The molecule has 1 aromatic rings. The Morgan fingerprint density at radius 1 is 1.24 bits per heavy atom. The molecule has 9 heteroatoms. The summed E-state index contributed by atoms with van der Waals surface area (Å²) in [6.45, 7) is 12.3. The van der Waals surface area contributed by atoms with Crippen LogP contribution in [0.15, 0.2) is 93.8 Å². The average molecular weight is 708 g/mol. The number of amides is 1. The number of Topliss-reactive ketones (excluding diaryl/α,β-unsaturated/α-hetero) is 1. The number of hydrogen-bond acceptors (Lipinski definition) is 6. The molecule has 50 heavy (non-hydrogen) atoms. The first-order chi connectivity index (χ1) is 23.9. The molecule has 5 rings (SSSR count). The second kappa shape index (κ2) is 20.2. The maximum absolute atomic E-state index is 13.8. The summed E-state index contributed by atoms with van der Waals surface area (Å²) in [5, 5.41) is 1.89. The fraction of sp³-hybridized carbons (Fsp3) is 0.488. The van der Waals surface area contributed by atoms with Gasteiger partial charge in [0.05, 0.1) is 17.5 Å². The highest BCUT2D eigenvalue weighted by Crippen LogP contribution is 2.33. The summed E-state index contributed by atoms with van der Waals surface area (Å²) in [6, 6.07) is 0. The molecular formula is C41H55F2N3O3S. The van der Waals surface area contributed by atoms with Gasteiger partial charge in [-0.1, -0.05) is 67.5 Å². The molecule has 1 aromatic heterocycles. The molecular weight excluding hydrogens is 653 g/mol. The fourth-order valence-corrected chi connectivity index (χ4v) is 7.47. The number of allylic oxidation sites excluding steroid dienone is 11. The van der Waals surface area contributed by atoms with Gasteiger partial charge in [-0.2, -0.15) is 0 Å². The lowest BCUT2D eigenvalue weighted by molar-refractivity contribution is -0.114. The van der Waals surface area contributed by atoms with Crippen LogP contribution >= 0.6 is 11.3 Å². The first-order valence-corrected chi connectivity index (χ1v) is 18.6. The molecule has 2 N–H and O–H groups in total. The van der Waals surface area contributed by atoms with Gasteiger partial charge in [-0.15, -0.1) is 11.3 Å². The van der Waals surface area contributed by atoms with Gasteiger partial charge in [-0.05, 0) is 77.2 Å². The number of hydrogen-bond donors (Lipinski definition) is 1. The second-order valence-corrected chi connectivity index (χ2v) is 14.2. The predicted molar refractivity (Wildman–Crippen MR) is 204 cm³/mol. The van der Waals surface area contributed by atoms with Crippen LogP contribution in [0.25, 0.3) is 0 Å². The van der Waals surface area contributed by atoms with Crippen LogP contribution in [-0.2, 0) is 22.4 Å². The highest BCUT2D eigenvalue weighted by molar-refractivity contribution is 7.10. The smallest absolute Gasteiger partial charge is 0.272 e. The molecule has 0 radical (unpaired) electrons. The van der Waals surface area contributed by atoms with E-state index in [1.54, 1.807) is 36.8 Å². The minimum Gasteiger partial charge on any atom is -0.381 e. The van der Waals surface area contributed by atoms with Gasteiger partial charge in [-0.3, -0.25) is 14.6 Å². The van der Waals surface area contributed by atoms with Crippen LogP contribution in [0.3, 0.4) is 0 Å². The molecule has 0 spiro atoms. The molecule has 2 unspecified atom stereocenters. The summed E-state index contributed by atoms with van der Waals surface area (Å²) < 4.78 is 33.2. The molecule has 2 aliphatic carbocycles. The molecule has 2 atom stereocenters. The van der Waals surface area contributed by atoms with E-state index in [0.717, 1.165) is 93.4 Å². The van der Waals surface area contributed by atoms with Crippen LogP contribution < -0.4 is 5.73 Å². The number of ether oxygens (including phenoxy) is 1. The van der Waals surface area contributed by atoms with Crippen molar-refractivity contribution in [2.75, 3.05) is 20.3 Å². The Morgan fingerprint density at radius 3 is 2.60 bits per heavy atom. The van der Waals surface area contributed by atoms with E-state index in [0.29, 0.717) is 5.92 Å². The van der Waals surface area contributed by atoms with Gasteiger partial charge in [0.2, 0.25) is 5.91 Å². The summed E-state index contributed by atoms with van der Waals surface area (Å²) in [7, 11) is 1.93. The normalized spacial score (nSPS) is 21.8. The van der Waals surface area contributed by atoms with Crippen LogP contribution in [-0.4, -0.2) is 49.0 Å². The Morgan fingerprint density at radius 2 is 2.00 bits per heavy atom. The summed E-state index contributed by atoms with van der Waals surface area (Å²) in [4.78, 5) is 30.1. The average Bonchev–Trinajstić information content (AvgIpc) is 3.35. The lowest BCUT2D eigenvalue weighted by Crippen LogP contribution is -2.23. The Bertz CT molecular complexity index is 1550. The molecule has 0 saturated carbocycles. The largest absolute Gasteiger partial charge is 0.381 e. The van der Waals surface area contributed by atoms with E-state index >= 15 is 0 Å². The summed E-state index contributed by atoms with van der Waals surface area (Å²) in [6.07, 6.45) is 25.6. The molecule has 0 aromatic carbocycles. The standard InChI is InChI=1S/C18H28F2O.C12H14N2O.C11H13NOS/c1-4-15(14-17(5-2)18(19,20)6-3)13-16-9-7-8-11-21-12-10-16;1-9(15)12(10-4-3-5-10)11-8-13-6-7-14(11)2;1-7-3-2-4-8-9(11(12)13)6-14-10(8)5-7/h4-5,14,16H,2,6-13H2,1,3H3;3-4,6-8,10H,5H2,1-2H3;3,6H,2,4-5H2,1H3,(H2,12,13)/b15-4-,17-14+;12-11-;. The lowest BCUT2D eigenvalue weighted by atomic mass is 9.84. The Kier molecular flexibility index (Phi) is 16.5. The fourth-order valence-electron chi connectivity index (χ4n) is 6.29. The molecule has 3 heterocycles. The predicted octanol–water partition coefficient (Wildman–Crippen LogP) is 9.86. The molecule has 0 bridgehead atoms. The van der Waals surface area contributed by atoms with Gasteiger partial charge in [0.1, 0.15) is 0 Å². The highest BCUT2D eigenvalue weighted by Gasteiger charge is 2.30. The minimum absolute atomic E-state index is 0.0280. The number of primary amides is 1. The summed E-state index contributed by atoms with van der Waals surface area (Å²) >= 11 is 1.66. The van der Waals surface area contributed by atoms with E-state index in [9.17, 15) is 18.4 Å². The van der Waals surface area contributed by atoms with E-state index in [4.69, 9.17) is 10.5 Å². The molecule has 2 aliphatic heterocycles. The zero-order chi connectivity index (χ0) is 36.7. The third-order valence-corrected chi connectivity index (χ3v) is 10.5. The van der Waals surface area contributed by atoms with E-state index in [2.05, 4.69) is 36.7 Å². The van der Waals surface area contributed by atoms with Crippen molar-refractivity contribution in [3.05, 3.63) is 105 Å². The Balaban J connectivity index is 0.000000208. The third kappa shape index (κ3) is 12.0. The molecule has 1 amide bonds. The van der Waals surface area contributed by atoms with Crippen LogP contribution in [0.4, 0.5) is 8.78 Å². The van der Waals surface area contributed by atoms with Crippen molar-refractivity contribution < 1.29 is 23.1 Å². The van der Waals surface area contributed by atoms with Gasteiger partial charge in [-0.25, -0.2) is 8.78 Å². The van der Waals surface area contributed by atoms with Crippen molar-refractivity contribution in [2.45, 2.75) is 97.8 Å². The first-order valence-electron chi connectivity index (χ1n) is 17.8. The van der Waals surface area contributed by atoms with Crippen molar-refractivity contribution in [1.82, 2.24) is 4.90 Å². The Labute approximate surface area is 301 Å². The Hall–Kier alpha value is -3.69. The quantitative estimate of drug-likeness (QED) is 0.157. The maximum Gasteiger partial charge on any atom is 0.272 e. The number of halogens is 2. The van der Waals surface area contributed by atoms with Crippen LogP contribution in [0.1, 0.15) is 99.9 Å². The summed E-state index contributed by atoms with van der Waals surface area (Å²) in [5.41, 5.74) is 11.4. The first kappa shape index (κ1) is 40.7. The SMILES string of the molecule is C=C/C(=C\C(=C/C)CC1CCCCOCC1)C(F)(F)CC.CC(=O)/C(=C1\C=NC=CN1C)C1C=CC1.CC1=CCCc2c(C(N)=O)csc2C1. The molecule has 1 saturated heterocycles. The topological polar surface area (TPSA) is 85.0 Å². The number of ketones is 1. The second-order valence-electron chi connectivity index (χ2n) is 13.2. The number of carbonyl (C=O) groups excluding carboxylic acids is 2. The zero-order valence-corrected chi connectivity index (χ0v) is 31.3. The minimum atomic E-state index is -2.79. The van der Waals surface area contributed by atoms with Crippen molar-refractivity contribution in [3.63, 3.8) is 0 Å². The van der Waals surface area contributed by atoms with Crippen LogP contribution in [0, 0.1) is 11.8 Å². The number of alkyl halides is 2. The van der Waals surface area contributed by atoms with Crippen molar-refractivity contribution in [2.24, 2.45) is 22.6 Å². The van der Waals surface area contributed by atoms with Crippen molar-refractivity contribution in [3.8, 4) is 0 Å². The number of carbonyl (C=O) groups is 2. The van der Waals surface area contributed by atoms with E-state index < -0.39 is 5.92 Å². The molecule has 272 valence electrons. The van der Waals surface area contributed by atoms with Gasteiger partial charge >= 0.3 is 0 Å². The van der Waals surface area contributed by atoms with E-state index in [1.807, 2.05) is 36.5 Å². The molecule has 6 nitrogen and oxygen atoms in total. The number of rotatable bonds is 9. The third-order valence-electron chi connectivity index (χ3n) is 9.45. The van der Waals surface area contributed by atoms with Crippen molar-refractivity contribution >= 4 is 29.2 Å². The molecule has 1 fully saturated rings. The van der Waals surface area contributed by atoms with Crippen LogP contribution in [0.2, 0.25) is 0 Å². The molecule has 4 aliphatic rings. The van der Waals surface area contributed by atoms with Crippen LogP contribution in [0.5, 0.6) is 0 Å². The van der Waals surface area contributed by atoms with Gasteiger partial charge in [0, 0.05) is 72.8 Å². The zero-order valence-electron chi connectivity index (χ0n) is 30.5. The monoisotopic (exact) mass is 707 g/mol. The maximum atomic E-state index is 13.8. The van der Waals surface area contributed by atoms with Gasteiger partial charge in [0.15, 0.2) is 5.78 Å². The van der Waals surface area contributed by atoms with E-state index in [-0.39, 0.29) is 29.6 Å². The highest BCUT2D eigenvalue weighted by atomic mass is 32.1. The summed E-state index contributed by atoms with van der Waals surface area (Å²) in [5.74, 6) is -2.15. The number of nitrogens with two attached hydrogens (primary N) is 1. The van der Waals surface area contributed by atoms with Gasteiger partial charge in [0.25, 0.3) is 5.92 Å². The number of fused-ring (bicyclic) bond motifs is 1.